The Morgan fingerprint density at radius 2 is 1.69 bits per heavy atom. The van der Waals surface area contributed by atoms with Gasteiger partial charge < -0.3 is 0 Å². The van der Waals surface area contributed by atoms with Gasteiger partial charge in [-0.25, -0.2) is 4.39 Å². The van der Waals surface area contributed by atoms with E-state index in [0.717, 1.165) is 24.1 Å². The minimum absolute atomic E-state index is 0.0908. The quantitative estimate of drug-likeness (QED) is 0.262. The van der Waals surface area contributed by atoms with Crippen molar-refractivity contribution in [3.8, 4) is 17.1 Å². The van der Waals surface area contributed by atoms with Crippen molar-refractivity contribution in [1.29, 1.82) is 0 Å². The van der Waals surface area contributed by atoms with Gasteiger partial charge in [0, 0.05) is 23.5 Å². The molecule has 0 atom stereocenters. The van der Waals surface area contributed by atoms with Crippen LogP contribution in [0.5, 0.6) is 0 Å². The summed E-state index contributed by atoms with van der Waals surface area (Å²) in [7, 11) is 0. The molecule has 2 aromatic heterocycles. The van der Waals surface area contributed by atoms with E-state index in [4.69, 9.17) is 0 Å². The molecule has 0 aliphatic rings. The van der Waals surface area contributed by atoms with Crippen molar-refractivity contribution in [3.05, 3.63) is 89.5 Å². The van der Waals surface area contributed by atoms with Crippen LogP contribution >= 0.6 is 11.8 Å². The number of carbonyl (C=O) groups excluding carboxylic acids is 1. The maximum atomic E-state index is 13.2. The molecule has 4 aromatic rings. The van der Waals surface area contributed by atoms with E-state index >= 15 is 0 Å². The molecule has 32 heavy (non-hydrogen) atoms. The number of hydrogen-bond acceptors (Lipinski definition) is 5. The van der Waals surface area contributed by atoms with E-state index < -0.39 is 0 Å². The monoisotopic (exact) mass is 446 g/mol. The van der Waals surface area contributed by atoms with Crippen LogP contribution in [0.3, 0.4) is 0 Å². The highest BCUT2D eigenvalue weighted by molar-refractivity contribution is 7.99. The van der Waals surface area contributed by atoms with Gasteiger partial charge in [-0.15, -0.1) is 10.2 Å². The van der Waals surface area contributed by atoms with Crippen molar-refractivity contribution >= 4 is 17.5 Å². The van der Waals surface area contributed by atoms with Gasteiger partial charge in [0.25, 0.3) is 0 Å². The van der Waals surface area contributed by atoms with Gasteiger partial charge in [-0.3, -0.25) is 14.3 Å². The SMILES string of the molecule is CCc1cccc(CC)c1-n1c(SCC(=O)c2ccc(F)cc2)nnc1-c1cccnc1. The highest BCUT2D eigenvalue weighted by Crippen LogP contribution is 2.32. The van der Waals surface area contributed by atoms with Gasteiger partial charge in [0.05, 0.1) is 11.4 Å². The molecule has 2 aromatic carbocycles. The topological polar surface area (TPSA) is 60.7 Å². The second-order valence-corrected chi connectivity index (χ2v) is 8.18. The summed E-state index contributed by atoms with van der Waals surface area (Å²) < 4.78 is 15.2. The molecular formula is C25H23FN4OS. The van der Waals surface area contributed by atoms with Crippen LogP contribution in [0.2, 0.25) is 0 Å². The van der Waals surface area contributed by atoms with Crippen LogP contribution in [0.1, 0.15) is 35.3 Å². The number of benzene rings is 2. The zero-order valence-electron chi connectivity index (χ0n) is 18.0. The predicted octanol–water partition coefficient (Wildman–Crippen LogP) is 5.57. The normalized spacial score (nSPS) is 11.0. The molecule has 0 bridgehead atoms. The summed E-state index contributed by atoms with van der Waals surface area (Å²) in [5.74, 6) is 0.405. The lowest BCUT2D eigenvalue weighted by molar-refractivity contribution is 0.102. The van der Waals surface area contributed by atoms with Gasteiger partial charge in [0.15, 0.2) is 16.8 Å². The molecular weight excluding hydrogens is 423 g/mol. The van der Waals surface area contributed by atoms with E-state index in [-0.39, 0.29) is 17.4 Å². The Bertz CT molecular complexity index is 1200. The Morgan fingerprint density at radius 3 is 2.31 bits per heavy atom. The molecule has 0 saturated carbocycles. The number of Topliss-reactive ketones (excluding diaryl/α,β-unsaturated/α-hetero) is 1. The lowest BCUT2D eigenvalue weighted by atomic mass is 10.0. The largest absolute Gasteiger partial charge is 0.293 e. The first kappa shape index (κ1) is 21.9. The van der Waals surface area contributed by atoms with Crippen LogP contribution in [-0.2, 0) is 12.8 Å². The number of halogens is 1. The highest BCUT2D eigenvalue weighted by Gasteiger charge is 2.21. The highest BCUT2D eigenvalue weighted by atomic mass is 32.2. The van der Waals surface area contributed by atoms with Gasteiger partial charge >= 0.3 is 0 Å². The Labute approximate surface area is 190 Å². The van der Waals surface area contributed by atoms with Gasteiger partial charge in [-0.2, -0.15) is 0 Å². The number of rotatable bonds is 8. The molecule has 0 saturated heterocycles. The van der Waals surface area contributed by atoms with Crippen molar-refractivity contribution in [2.45, 2.75) is 31.8 Å². The fraction of sp³-hybridized carbons (Fsp3) is 0.200. The first-order valence-corrected chi connectivity index (χ1v) is 11.5. The first-order valence-electron chi connectivity index (χ1n) is 10.5. The molecule has 0 radical (unpaired) electrons. The second kappa shape index (κ2) is 9.87. The first-order chi connectivity index (χ1) is 15.6. The molecule has 0 N–H and O–H groups in total. The van der Waals surface area contributed by atoms with Gasteiger partial charge in [0.1, 0.15) is 5.82 Å². The minimum Gasteiger partial charge on any atom is -0.293 e. The van der Waals surface area contributed by atoms with E-state index in [1.54, 1.807) is 12.4 Å². The number of carbonyl (C=O) groups is 1. The molecule has 4 rings (SSSR count). The number of pyridine rings is 1. The molecule has 0 unspecified atom stereocenters. The van der Waals surface area contributed by atoms with E-state index in [1.807, 2.05) is 16.7 Å². The maximum absolute atomic E-state index is 13.2. The molecule has 0 amide bonds. The molecule has 2 heterocycles. The van der Waals surface area contributed by atoms with Crippen LogP contribution in [0.25, 0.3) is 17.1 Å². The average molecular weight is 447 g/mol. The van der Waals surface area contributed by atoms with Crippen LogP contribution in [0, 0.1) is 5.82 Å². The molecule has 5 nitrogen and oxygen atoms in total. The maximum Gasteiger partial charge on any atom is 0.196 e. The molecule has 0 spiro atoms. The van der Waals surface area contributed by atoms with Crippen molar-refractivity contribution in [2.24, 2.45) is 0 Å². The Kier molecular flexibility index (Phi) is 6.75. The van der Waals surface area contributed by atoms with Crippen molar-refractivity contribution in [3.63, 3.8) is 0 Å². The summed E-state index contributed by atoms with van der Waals surface area (Å²) in [4.78, 5) is 16.9. The van der Waals surface area contributed by atoms with Crippen molar-refractivity contribution in [2.75, 3.05) is 5.75 Å². The second-order valence-electron chi connectivity index (χ2n) is 7.23. The molecule has 0 aliphatic heterocycles. The number of hydrogen-bond donors (Lipinski definition) is 0. The molecule has 7 heteroatoms. The van der Waals surface area contributed by atoms with Crippen LogP contribution in [0.4, 0.5) is 4.39 Å². The standard InChI is InChI=1S/C25H23FN4OS/c1-3-17-7-5-8-18(4-2)23(17)30-24(20-9-6-14-27-15-20)28-29-25(30)32-16-22(31)19-10-12-21(26)13-11-19/h5-15H,3-4,16H2,1-2H3. The summed E-state index contributed by atoms with van der Waals surface area (Å²) in [6.07, 6.45) is 5.19. The molecule has 0 fully saturated rings. The summed E-state index contributed by atoms with van der Waals surface area (Å²) in [5.41, 5.74) is 4.74. The van der Waals surface area contributed by atoms with Crippen LogP contribution in [0.15, 0.2) is 72.1 Å². The summed E-state index contributed by atoms with van der Waals surface area (Å²) in [6, 6.07) is 15.7. The van der Waals surface area contributed by atoms with E-state index in [0.29, 0.717) is 16.5 Å². The zero-order chi connectivity index (χ0) is 22.5. The van der Waals surface area contributed by atoms with Gasteiger partial charge in [-0.1, -0.05) is 43.8 Å². The fourth-order valence-electron chi connectivity index (χ4n) is 3.60. The van der Waals surface area contributed by atoms with Crippen LogP contribution in [-0.4, -0.2) is 31.3 Å². The number of para-hydroxylation sites is 1. The lowest BCUT2D eigenvalue weighted by Crippen LogP contribution is -2.09. The summed E-state index contributed by atoms with van der Waals surface area (Å²) in [5, 5.41) is 9.54. The Balaban J connectivity index is 1.77. The average Bonchev–Trinajstić information content (AvgIpc) is 3.26. The summed E-state index contributed by atoms with van der Waals surface area (Å²) >= 11 is 1.33. The van der Waals surface area contributed by atoms with Crippen molar-refractivity contribution in [1.82, 2.24) is 19.7 Å². The Morgan fingerprint density at radius 1 is 0.969 bits per heavy atom. The number of aromatic nitrogens is 4. The lowest BCUT2D eigenvalue weighted by Gasteiger charge is -2.17. The summed E-state index contributed by atoms with van der Waals surface area (Å²) in [6.45, 7) is 4.24. The third-order valence-corrected chi connectivity index (χ3v) is 6.17. The third kappa shape index (κ3) is 4.48. The number of nitrogens with zero attached hydrogens (tertiary/aromatic N) is 4. The zero-order valence-corrected chi connectivity index (χ0v) is 18.8. The van der Waals surface area contributed by atoms with E-state index in [2.05, 4.69) is 47.2 Å². The predicted molar refractivity (Wildman–Crippen MR) is 125 cm³/mol. The van der Waals surface area contributed by atoms with Gasteiger partial charge in [0.2, 0.25) is 0 Å². The Hall–Kier alpha value is -3.32. The fourth-order valence-corrected chi connectivity index (χ4v) is 4.43. The molecule has 162 valence electrons. The van der Waals surface area contributed by atoms with Gasteiger partial charge in [-0.05, 0) is 60.4 Å². The number of thioether (sulfide) groups is 1. The minimum atomic E-state index is -0.363. The van der Waals surface area contributed by atoms with E-state index in [1.165, 1.54) is 47.2 Å². The smallest absolute Gasteiger partial charge is 0.196 e. The van der Waals surface area contributed by atoms with Crippen LogP contribution < -0.4 is 0 Å². The number of ketones is 1. The third-order valence-electron chi connectivity index (χ3n) is 5.24. The van der Waals surface area contributed by atoms with E-state index in [9.17, 15) is 9.18 Å². The van der Waals surface area contributed by atoms with Crippen molar-refractivity contribution < 1.29 is 9.18 Å². The number of aryl methyl sites for hydroxylation is 2. The molecule has 0 aliphatic carbocycles.